The van der Waals surface area contributed by atoms with E-state index in [0.29, 0.717) is 48.9 Å². The minimum absolute atomic E-state index is 0.0579. The highest BCUT2D eigenvalue weighted by Crippen LogP contribution is 2.27. The molecule has 2 amide bonds. The molecule has 0 saturated carbocycles. The summed E-state index contributed by atoms with van der Waals surface area (Å²) in [7, 11) is 0. The number of pyridine rings is 1. The Bertz CT molecular complexity index is 1430. The maximum Gasteiger partial charge on any atom is 0.289 e. The van der Waals surface area contributed by atoms with Crippen LogP contribution >= 0.6 is 0 Å². The van der Waals surface area contributed by atoms with Gasteiger partial charge in [0.1, 0.15) is 17.1 Å². The van der Waals surface area contributed by atoms with Gasteiger partial charge in [-0.25, -0.2) is 4.98 Å². The summed E-state index contributed by atoms with van der Waals surface area (Å²) >= 11 is 0. The van der Waals surface area contributed by atoms with Gasteiger partial charge in [0.25, 0.3) is 17.5 Å². The van der Waals surface area contributed by atoms with E-state index >= 15 is 0 Å². The van der Waals surface area contributed by atoms with Crippen LogP contribution in [-0.4, -0.2) is 59.4 Å². The lowest BCUT2D eigenvalue weighted by atomic mass is 10.2. The van der Waals surface area contributed by atoms with Crippen LogP contribution in [0.2, 0.25) is 0 Å². The number of nitrogens with zero attached hydrogens (tertiary/aromatic N) is 4. The van der Waals surface area contributed by atoms with Gasteiger partial charge in [-0.15, -0.1) is 0 Å². The number of hydrogen-bond acceptors (Lipinski definition) is 8. The number of nitrogens with one attached hydrogen (secondary N) is 1. The Morgan fingerprint density at radius 1 is 1.00 bits per heavy atom. The number of amides is 2. The van der Waals surface area contributed by atoms with Crippen LogP contribution in [0, 0.1) is 10.1 Å². The van der Waals surface area contributed by atoms with E-state index in [1.54, 1.807) is 23.1 Å². The first kappa shape index (κ1) is 23.8. The van der Waals surface area contributed by atoms with Gasteiger partial charge in [-0.1, -0.05) is 12.1 Å². The molecule has 0 unspecified atom stereocenters. The minimum Gasteiger partial charge on any atom is -0.481 e. The zero-order chi connectivity index (χ0) is 25.8. The Morgan fingerprint density at radius 2 is 1.78 bits per heavy atom. The maximum atomic E-state index is 12.5. The minimum atomic E-state index is -0.503. The molecule has 2 aromatic heterocycles. The van der Waals surface area contributed by atoms with E-state index < -0.39 is 10.8 Å². The van der Waals surface area contributed by atoms with Crippen LogP contribution in [0.15, 0.2) is 77.4 Å². The van der Waals surface area contributed by atoms with Crippen LogP contribution < -0.4 is 15.0 Å². The smallest absolute Gasteiger partial charge is 0.289 e. The van der Waals surface area contributed by atoms with Gasteiger partial charge in [-0.3, -0.25) is 19.7 Å². The Morgan fingerprint density at radius 3 is 2.49 bits per heavy atom. The molecule has 0 atom stereocenters. The molecular formula is C26H23N5O6. The summed E-state index contributed by atoms with van der Waals surface area (Å²) in [5.41, 5.74) is 0.997. The molecular weight excluding hydrogens is 478 g/mol. The van der Waals surface area contributed by atoms with Gasteiger partial charge in [0, 0.05) is 49.4 Å². The summed E-state index contributed by atoms with van der Waals surface area (Å²) in [5, 5.41) is 14.3. The van der Waals surface area contributed by atoms with Crippen molar-refractivity contribution in [2.75, 3.05) is 43.0 Å². The Balaban J connectivity index is 1.23. The van der Waals surface area contributed by atoms with Crippen molar-refractivity contribution < 1.29 is 23.7 Å². The third kappa shape index (κ3) is 5.35. The predicted molar refractivity (Wildman–Crippen MR) is 136 cm³/mol. The number of aromatic nitrogens is 1. The number of non-ortho nitro benzene ring substituents is 1. The van der Waals surface area contributed by atoms with Crippen molar-refractivity contribution in [3.63, 3.8) is 0 Å². The molecule has 11 heteroatoms. The third-order valence-electron chi connectivity index (χ3n) is 6.01. The van der Waals surface area contributed by atoms with Crippen molar-refractivity contribution in [2.24, 2.45) is 0 Å². The van der Waals surface area contributed by atoms with Crippen LogP contribution in [0.5, 0.6) is 5.75 Å². The fourth-order valence-corrected chi connectivity index (χ4v) is 4.10. The highest BCUT2D eigenvalue weighted by atomic mass is 16.6. The van der Waals surface area contributed by atoms with Gasteiger partial charge in [-0.2, -0.15) is 0 Å². The Labute approximate surface area is 211 Å². The number of benzene rings is 2. The molecule has 1 saturated heterocycles. The molecule has 0 radical (unpaired) electrons. The van der Waals surface area contributed by atoms with Crippen LogP contribution in [0.4, 0.5) is 17.2 Å². The Kier molecular flexibility index (Phi) is 6.66. The lowest BCUT2D eigenvalue weighted by molar-refractivity contribution is -0.384. The molecule has 5 rings (SSSR count). The quantitative estimate of drug-likeness (QED) is 0.299. The summed E-state index contributed by atoms with van der Waals surface area (Å²) in [6.07, 6.45) is 1.49. The van der Waals surface area contributed by atoms with Gasteiger partial charge < -0.3 is 24.3 Å². The van der Waals surface area contributed by atoms with E-state index in [-0.39, 0.29) is 18.2 Å². The number of para-hydroxylation sites is 1. The first-order valence-corrected chi connectivity index (χ1v) is 11.6. The number of ether oxygens (including phenoxy) is 1. The average molecular weight is 501 g/mol. The second-order valence-electron chi connectivity index (χ2n) is 8.39. The monoisotopic (exact) mass is 501 g/mol. The summed E-state index contributed by atoms with van der Waals surface area (Å²) in [4.78, 5) is 43.8. The molecule has 37 heavy (non-hydrogen) atoms. The first-order chi connectivity index (χ1) is 18.0. The zero-order valence-electron chi connectivity index (χ0n) is 19.7. The number of rotatable bonds is 7. The van der Waals surface area contributed by atoms with Crippen LogP contribution in [0.25, 0.3) is 10.9 Å². The van der Waals surface area contributed by atoms with Crippen molar-refractivity contribution in [1.82, 2.24) is 9.88 Å². The van der Waals surface area contributed by atoms with E-state index in [1.165, 1.54) is 30.5 Å². The standard InChI is InChI=1S/C26H23N5O6/c32-24(27-19-7-9-20(10-8-19)31(34)35)17-37-21-4-1-3-18-6-11-23(28-25(18)21)29-12-14-30(15-13-29)26(33)22-5-2-16-36-22/h1-11,16H,12-15,17H2,(H,27,32). The number of nitro groups is 1. The van der Waals surface area contributed by atoms with Gasteiger partial charge in [-0.05, 0) is 42.5 Å². The summed E-state index contributed by atoms with van der Waals surface area (Å²) in [6.45, 7) is 2.06. The highest BCUT2D eigenvalue weighted by molar-refractivity contribution is 5.93. The summed E-state index contributed by atoms with van der Waals surface area (Å²) < 4.78 is 11.0. The molecule has 3 heterocycles. The largest absolute Gasteiger partial charge is 0.481 e. The number of carbonyl (C=O) groups excluding carboxylic acids is 2. The maximum absolute atomic E-state index is 12.5. The lowest BCUT2D eigenvalue weighted by Gasteiger charge is -2.35. The molecule has 0 aliphatic carbocycles. The molecule has 1 N–H and O–H groups in total. The molecule has 1 aliphatic rings. The molecule has 2 aromatic carbocycles. The molecule has 188 valence electrons. The second kappa shape index (κ2) is 10.4. The van der Waals surface area contributed by atoms with Crippen LogP contribution in [0.3, 0.4) is 0 Å². The Hall–Kier alpha value is -4.93. The number of anilines is 2. The van der Waals surface area contributed by atoms with Crippen molar-refractivity contribution in [2.45, 2.75) is 0 Å². The predicted octanol–water partition coefficient (Wildman–Crippen LogP) is 3.72. The first-order valence-electron chi connectivity index (χ1n) is 11.6. The van der Waals surface area contributed by atoms with Gasteiger partial charge in [0.05, 0.1) is 11.2 Å². The number of piperazine rings is 1. The number of nitro benzene ring substituents is 1. The van der Waals surface area contributed by atoms with Crippen molar-refractivity contribution in [1.29, 1.82) is 0 Å². The van der Waals surface area contributed by atoms with E-state index in [4.69, 9.17) is 14.1 Å². The number of hydrogen-bond donors (Lipinski definition) is 1. The summed E-state index contributed by atoms with van der Waals surface area (Å²) in [6, 6.07) is 18.3. The fraction of sp³-hybridized carbons (Fsp3) is 0.192. The van der Waals surface area contributed by atoms with E-state index in [2.05, 4.69) is 10.2 Å². The number of carbonyl (C=O) groups is 2. The fourth-order valence-electron chi connectivity index (χ4n) is 4.10. The topological polar surface area (TPSA) is 131 Å². The average Bonchev–Trinajstić information content (AvgIpc) is 3.47. The summed E-state index contributed by atoms with van der Waals surface area (Å²) in [5.74, 6) is 1.02. The van der Waals surface area contributed by atoms with Gasteiger partial charge in [0.15, 0.2) is 12.4 Å². The van der Waals surface area contributed by atoms with E-state index in [9.17, 15) is 19.7 Å². The zero-order valence-corrected chi connectivity index (χ0v) is 19.7. The van der Waals surface area contributed by atoms with Gasteiger partial charge in [0.2, 0.25) is 0 Å². The molecule has 11 nitrogen and oxygen atoms in total. The highest BCUT2D eigenvalue weighted by Gasteiger charge is 2.24. The third-order valence-corrected chi connectivity index (χ3v) is 6.01. The van der Waals surface area contributed by atoms with Crippen molar-refractivity contribution in [3.8, 4) is 5.75 Å². The van der Waals surface area contributed by atoms with E-state index in [1.807, 2.05) is 24.3 Å². The normalized spacial score (nSPS) is 13.4. The van der Waals surface area contributed by atoms with Crippen LogP contribution in [0.1, 0.15) is 10.6 Å². The molecule has 1 aliphatic heterocycles. The second-order valence-corrected chi connectivity index (χ2v) is 8.39. The molecule has 0 spiro atoms. The number of fused-ring (bicyclic) bond motifs is 1. The molecule has 0 bridgehead atoms. The number of furan rings is 1. The van der Waals surface area contributed by atoms with E-state index in [0.717, 1.165) is 11.2 Å². The molecule has 1 fully saturated rings. The van der Waals surface area contributed by atoms with Crippen molar-refractivity contribution in [3.05, 3.63) is 88.9 Å². The van der Waals surface area contributed by atoms with Crippen molar-refractivity contribution >= 4 is 39.9 Å². The van der Waals surface area contributed by atoms with Crippen LogP contribution in [-0.2, 0) is 4.79 Å². The van der Waals surface area contributed by atoms with Gasteiger partial charge >= 0.3 is 0 Å². The molecule has 4 aromatic rings. The lowest BCUT2D eigenvalue weighted by Crippen LogP contribution is -2.49. The SMILES string of the molecule is O=C(COc1cccc2ccc(N3CCN(C(=O)c4ccco4)CC3)nc12)Nc1ccc([N+](=O)[O-])cc1.